The van der Waals surface area contributed by atoms with Crippen LogP contribution in [0.2, 0.25) is 0 Å². The van der Waals surface area contributed by atoms with Crippen molar-refractivity contribution in [3.05, 3.63) is 29.8 Å². The number of amides is 1. The summed E-state index contributed by atoms with van der Waals surface area (Å²) in [5.74, 6) is 0.211. The Balaban J connectivity index is 2.10. The van der Waals surface area contributed by atoms with Gasteiger partial charge >= 0.3 is 0 Å². The molecular formula is C13H18N2O2. The molecule has 0 aromatic heterocycles. The standard InChI is InChI=1S/C13H18N2O2/c1-9-5-6-15(8-12(9)16)13(17)10-3-2-4-11(14)7-10/h2-4,7,9,12,16H,5-6,8,14H2,1H3. The first-order chi connectivity index (χ1) is 8.08. The Bertz CT molecular complexity index is 420. The van der Waals surface area contributed by atoms with Crippen LogP contribution in [0.15, 0.2) is 24.3 Å². The summed E-state index contributed by atoms with van der Waals surface area (Å²) < 4.78 is 0. The molecule has 1 aromatic rings. The van der Waals surface area contributed by atoms with Gasteiger partial charge in [0.25, 0.3) is 5.91 Å². The molecule has 0 radical (unpaired) electrons. The van der Waals surface area contributed by atoms with E-state index in [-0.39, 0.29) is 11.8 Å². The number of anilines is 1. The Morgan fingerprint density at radius 3 is 2.94 bits per heavy atom. The van der Waals surface area contributed by atoms with Crippen LogP contribution in [0.4, 0.5) is 5.69 Å². The molecule has 2 unspecified atom stereocenters. The van der Waals surface area contributed by atoms with Gasteiger partial charge in [0.1, 0.15) is 0 Å². The van der Waals surface area contributed by atoms with E-state index in [0.29, 0.717) is 24.3 Å². The van der Waals surface area contributed by atoms with Gasteiger partial charge in [-0.15, -0.1) is 0 Å². The fourth-order valence-electron chi connectivity index (χ4n) is 2.09. The van der Waals surface area contributed by atoms with Crippen molar-refractivity contribution in [3.63, 3.8) is 0 Å². The molecule has 4 nitrogen and oxygen atoms in total. The van der Waals surface area contributed by atoms with Crippen LogP contribution in [-0.4, -0.2) is 35.1 Å². The summed E-state index contributed by atoms with van der Waals surface area (Å²) in [6.07, 6.45) is 0.420. The van der Waals surface area contributed by atoms with Crippen LogP contribution in [0, 0.1) is 5.92 Å². The van der Waals surface area contributed by atoms with Gasteiger partial charge in [-0.2, -0.15) is 0 Å². The van der Waals surface area contributed by atoms with E-state index >= 15 is 0 Å². The number of β-amino-alcohol motifs (C(OH)–C–C–N with tert-alkyl or cyclic N) is 1. The quantitative estimate of drug-likeness (QED) is 0.715. The zero-order chi connectivity index (χ0) is 12.4. The lowest BCUT2D eigenvalue weighted by atomic mass is 9.95. The molecule has 0 spiro atoms. The van der Waals surface area contributed by atoms with Crippen molar-refractivity contribution in [1.29, 1.82) is 0 Å². The van der Waals surface area contributed by atoms with E-state index in [4.69, 9.17) is 5.73 Å². The number of aliphatic hydroxyl groups is 1. The Labute approximate surface area is 101 Å². The second-order valence-electron chi connectivity index (χ2n) is 4.71. The maximum atomic E-state index is 12.2. The molecule has 17 heavy (non-hydrogen) atoms. The van der Waals surface area contributed by atoms with Crippen molar-refractivity contribution in [2.45, 2.75) is 19.4 Å². The SMILES string of the molecule is CC1CCN(C(=O)c2cccc(N)c2)CC1O. The van der Waals surface area contributed by atoms with Crippen LogP contribution in [-0.2, 0) is 0 Å². The average molecular weight is 234 g/mol. The van der Waals surface area contributed by atoms with Gasteiger partial charge in [0, 0.05) is 24.3 Å². The van der Waals surface area contributed by atoms with Gasteiger partial charge in [-0.05, 0) is 30.5 Å². The van der Waals surface area contributed by atoms with Crippen LogP contribution in [0.25, 0.3) is 0 Å². The lowest BCUT2D eigenvalue weighted by Gasteiger charge is -2.34. The number of nitrogen functional groups attached to an aromatic ring is 1. The molecule has 2 atom stereocenters. The summed E-state index contributed by atoms with van der Waals surface area (Å²) in [6.45, 7) is 3.12. The van der Waals surface area contributed by atoms with Crippen LogP contribution >= 0.6 is 0 Å². The highest BCUT2D eigenvalue weighted by molar-refractivity contribution is 5.95. The highest BCUT2D eigenvalue weighted by Gasteiger charge is 2.27. The highest BCUT2D eigenvalue weighted by atomic mass is 16.3. The second-order valence-corrected chi connectivity index (χ2v) is 4.71. The van der Waals surface area contributed by atoms with Crippen LogP contribution in [0.3, 0.4) is 0 Å². The minimum absolute atomic E-state index is 0.0525. The summed E-state index contributed by atoms with van der Waals surface area (Å²) in [5.41, 5.74) is 6.83. The van der Waals surface area contributed by atoms with Gasteiger partial charge < -0.3 is 15.7 Å². The van der Waals surface area contributed by atoms with Gasteiger partial charge in [-0.3, -0.25) is 4.79 Å². The number of hydrogen-bond donors (Lipinski definition) is 2. The minimum atomic E-state index is -0.422. The van der Waals surface area contributed by atoms with Crippen molar-refractivity contribution in [1.82, 2.24) is 4.90 Å². The summed E-state index contributed by atoms with van der Waals surface area (Å²) in [7, 11) is 0. The zero-order valence-electron chi connectivity index (χ0n) is 9.97. The fraction of sp³-hybridized carbons (Fsp3) is 0.462. The van der Waals surface area contributed by atoms with E-state index in [1.54, 1.807) is 29.2 Å². The van der Waals surface area contributed by atoms with Crippen LogP contribution in [0.5, 0.6) is 0 Å². The first-order valence-corrected chi connectivity index (χ1v) is 5.91. The minimum Gasteiger partial charge on any atom is -0.399 e. The average Bonchev–Trinajstić information content (AvgIpc) is 2.32. The number of carbonyl (C=O) groups is 1. The zero-order valence-corrected chi connectivity index (χ0v) is 9.97. The monoisotopic (exact) mass is 234 g/mol. The number of carbonyl (C=O) groups excluding carboxylic acids is 1. The normalized spacial score (nSPS) is 24.7. The fourth-order valence-corrected chi connectivity index (χ4v) is 2.09. The molecule has 0 aliphatic carbocycles. The van der Waals surface area contributed by atoms with Gasteiger partial charge in [-0.25, -0.2) is 0 Å². The predicted octanol–water partition coefficient (Wildman–Crippen LogP) is 1.11. The molecule has 2 rings (SSSR count). The molecular weight excluding hydrogens is 216 g/mol. The first-order valence-electron chi connectivity index (χ1n) is 5.91. The maximum absolute atomic E-state index is 12.2. The molecule has 1 heterocycles. The first kappa shape index (κ1) is 11.9. The van der Waals surface area contributed by atoms with Gasteiger partial charge in [0.2, 0.25) is 0 Å². The number of likely N-dealkylation sites (tertiary alicyclic amines) is 1. The van der Waals surface area contributed by atoms with Crippen molar-refractivity contribution in [2.75, 3.05) is 18.8 Å². The number of nitrogens with two attached hydrogens (primary N) is 1. The summed E-state index contributed by atoms with van der Waals surface area (Å²) in [5, 5.41) is 9.78. The van der Waals surface area contributed by atoms with E-state index in [1.165, 1.54) is 0 Å². The molecule has 0 saturated carbocycles. The van der Waals surface area contributed by atoms with Crippen LogP contribution in [0.1, 0.15) is 23.7 Å². The molecule has 4 heteroatoms. The number of hydrogen-bond acceptors (Lipinski definition) is 3. The maximum Gasteiger partial charge on any atom is 0.254 e. The third-order valence-electron chi connectivity index (χ3n) is 3.34. The Morgan fingerprint density at radius 1 is 1.53 bits per heavy atom. The summed E-state index contributed by atoms with van der Waals surface area (Å²) in [6, 6.07) is 6.95. The molecule has 92 valence electrons. The predicted molar refractivity (Wildman–Crippen MR) is 66.5 cm³/mol. The lowest BCUT2D eigenvalue weighted by molar-refractivity contribution is 0.0249. The highest BCUT2D eigenvalue weighted by Crippen LogP contribution is 2.19. The molecule has 0 bridgehead atoms. The van der Waals surface area contributed by atoms with Gasteiger partial charge in [0.15, 0.2) is 0 Å². The van der Waals surface area contributed by atoms with E-state index in [0.717, 1.165) is 6.42 Å². The van der Waals surface area contributed by atoms with Gasteiger partial charge in [0.05, 0.1) is 6.10 Å². The molecule has 1 aromatic carbocycles. The Kier molecular flexibility index (Phi) is 3.33. The molecule has 1 aliphatic heterocycles. The number of piperidine rings is 1. The summed E-state index contributed by atoms with van der Waals surface area (Å²) in [4.78, 5) is 13.9. The number of nitrogens with zero attached hydrogens (tertiary/aromatic N) is 1. The van der Waals surface area contributed by atoms with E-state index in [1.807, 2.05) is 6.92 Å². The van der Waals surface area contributed by atoms with Gasteiger partial charge in [-0.1, -0.05) is 13.0 Å². The third kappa shape index (κ3) is 2.58. The Hall–Kier alpha value is -1.55. The molecule has 1 aliphatic rings. The topological polar surface area (TPSA) is 66.6 Å². The van der Waals surface area contributed by atoms with Crippen LogP contribution < -0.4 is 5.73 Å². The number of aliphatic hydroxyl groups excluding tert-OH is 1. The second kappa shape index (κ2) is 4.75. The number of rotatable bonds is 1. The molecule has 1 amide bonds. The van der Waals surface area contributed by atoms with Crippen molar-refractivity contribution in [3.8, 4) is 0 Å². The molecule has 3 N–H and O–H groups in total. The van der Waals surface area contributed by atoms with E-state index in [9.17, 15) is 9.90 Å². The largest absolute Gasteiger partial charge is 0.399 e. The molecule has 1 fully saturated rings. The van der Waals surface area contributed by atoms with Crippen molar-refractivity contribution < 1.29 is 9.90 Å². The Morgan fingerprint density at radius 2 is 2.29 bits per heavy atom. The summed E-state index contributed by atoms with van der Waals surface area (Å²) >= 11 is 0. The van der Waals surface area contributed by atoms with Crippen molar-refractivity contribution >= 4 is 11.6 Å². The van der Waals surface area contributed by atoms with E-state index < -0.39 is 6.10 Å². The lowest BCUT2D eigenvalue weighted by Crippen LogP contribution is -2.45. The smallest absolute Gasteiger partial charge is 0.254 e. The number of benzene rings is 1. The van der Waals surface area contributed by atoms with E-state index in [2.05, 4.69) is 0 Å². The molecule has 1 saturated heterocycles. The third-order valence-corrected chi connectivity index (χ3v) is 3.34. The van der Waals surface area contributed by atoms with Crippen molar-refractivity contribution in [2.24, 2.45) is 5.92 Å².